The quantitative estimate of drug-likeness (QED) is 0.511. The van der Waals surface area contributed by atoms with Crippen LogP contribution >= 0.6 is 35.0 Å². The summed E-state index contributed by atoms with van der Waals surface area (Å²) in [4.78, 5) is 13.4. The molecule has 0 unspecified atom stereocenters. The molecule has 0 aliphatic rings. The molecule has 0 spiro atoms. The number of carbonyl (C=O) groups excluding carboxylic acids is 1. The van der Waals surface area contributed by atoms with Crippen molar-refractivity contribution in [3.8, 4) is 5.75 Å². The molecule has 2 aromatic carbocycles. The summed E-state index contributed by atoms with van der Waals surface area (Å²) in [6.45, 7) is 2.47. The fourth-order valence-electron chi connectivity index (χ4n) is 2.00. The number of hydrogen-bond acceptors (Lipinski definition) is 3. The van der Waals surface area contributed by atoms with Gasteiger partial charge in [-0.3, -0.25) is 4.79 Å². The lowest BCUT2D eigenvalue weighted by atomic mass is 10.2. The van der Waals surface area contributed by atoms with Gasteiger partial charge in [-0.2, -0.15) is 0 Å². The van der Waals surface area contributed by atoms with Gasteiger partial charge in [-0.05, 0) is 42.8 Å². The predicted octanol–water partition coefficient (Wildman–Crippen LogP) is 5.06. The molecule has 1 atom stereocenters. The highest BCUT2D eigenvalue weighted by atomic mass is 35.5. The second-order valence-electron chi connectivity index (χ2n) is 5.04. The van der Waals surface area contributed by atoms with Gasteiger partial charge in [-0.1, -0.05) is 42.3 Å². The van der Waals surface area contributed by atoms with Gasteiger partial charge in [0.25, 0.3) is 5.91 Å². The van der Waals surface area contributed by atoms with Gasteiger partial charge in [0, 0.05) is 22.2 Å². The number of carbonyl (C=O) groups is 1. The van der Waals surface area contributed by atoms with Crippen molar-refractivity contribution in [3.63, 3.8) is 0 Å². The molecule has 0 fully saturated rings. The van der Waals surface area contributed by atoms with E-state index in [4.69, 9.17) is 27.9 Å². The average molecular weight is 384 g/mol. The second-order valence-corrected chi connectivity index (χ2v) is 7.05. The standard InChI is InChI=1S/C18H19Cl2NO2S/c1-2-16(23-17-6-4-3-5-15(17)20)18(22)21-11-12-24-14-9-7-13(19)8-10-14/h3-10,16H,2,11-12H2,1H3,(H,21,22)/t16-/m0/s1. The van der Waals surface area contributed by atoms with Crippen molar-refractivity contribution < 1.29 is 9.53 Å². The fraction of sp³-hybridized carbons (Fsp3) is 0.278. The number of halogens is 2. The molecule has 0 radical (unpaired) electrons. The second kappa shape index (κ2) is 9.82. The molecule has 3 nitrogen and oxygen atoms in total. The molecule has 6 heteroatoms. The van der Waals surface area contributed by atoms with Gasteiger partial charge in [-0.15, -0.1) is 11.8 Å². The molecular formula is C18H19Cl2NO2S. The fourth-order valence-corrected chi connectivity index (χ4v) is 3.08. The van der Waals surface area contributed by atoms with E-state index in [0.717, 1.165) is 15.7 Å². The van der Waals surface area contributed by atoms with E-state index in [-0.39, 0.29) is 5.91 Å². The van der Waals surface area contributed by atoms with Crippen LogP contribution in [-0.4, -0.2) is 24.3 Å². The number of thioether (sulfide) groups is 1. The number of benzene rings is 2. The van der Waals surface area contributed by atoms with Crippen LogP contribution in [0.15, 0.2) is 53.4 Å². The third kappa shape index (κ3) is 5.93. The van der Waals surface area contributed by atoms with Gasteiger partial charge in [-0.25, -0.2) is 0 Å². The molecule has 2 aromatic rings. The minimum atomic E-state index is -0.551. The monoisotopic (exact) mass is 383 g/mol. The molecule has 0 aliphatic carbocycles. The van der Waals surface area contributed by atoms with Crippen LogP contribution in [0.4, 0.5) is 0 Å². The molecule has 0 saturated heterocycles. The first-order valence-corrected chi connectivity index (χ1v) is 9.41. The van der Waals surface area contributed by atoms with E-state index in [1.807, 2.05) is 43.3 Å². The van der Waals surface area contributed by atoms with Crippen LogP contribution in [-0.2, 0) is 4.79 Å². The Hall–Kier alpha value is -1.36. The van der Waals surface area contributed by atoms with Crippen molar-refractivity contribution in [1.82, 2.24) is 5.32 Å². The molecule has 1 amide bonds. The molecule has 2 rings (SSSR count). The van der Waals surface area contributed by atoms with E-state index in [2.05, 4.69) is 5.32 Å². The predicted molar refractivity (Wildman–Crippen MR) is 101 cm³/mol. The van der Waals surface area contributed by atoms with Gasteiger partial charge in [0.15, 0.2) is 6.10 Å². The zero-order valence-electron chi connectivity index (χ0n) is 13.3. The van der Waals surface area contributed by atoms with Crippen LogP contribution in [0.2, 0.25) is 10.0 Å². The van der Waals surface area contributed by atoms with Crippen LogP contribution in [0.25, 0.3) is 0 Å². The molecule has 0 aliphatic heterocycles. The molecule has 1 N–H and O–H groups in total. The summed E-state index contributed by atoms with van der Waals surface area (Å²) in [5.74, 6) is 1.17. The maximum absolute atomic E-state index is 12.2. The van der Waals surface area contributed by atoms with E-state index in [0.29, 0.717) is 23.7 Å². The van der Waals surface area contributed by atoms with Gasteiger partial charge < -0.3 is 10.1 Å². The van der Waals surface area contributed by atoms with Crippen LogP contribution in [0.3, 0.4) is 0 Å². The zero-order chi connectivity index (χ0) is 17.4. The van der Waals surface area contributed by atoms with E-state index in [1.165, 1.54) is 0 Å². The Balaban J connectivity index is 1.77. The summed E-state index contributed by atoms with van der Waals surface area (Å²) in [6, 6.07) is 14.8. The van der Waals surface area contributed by atoms with Gasteiger partial charge in [0.1, 0.15) is 5.75 Å². The molecule has 0 aromatic heterocycles. The first-order chi connectivity index (χ1) is 11.6. The number of ether oxygens (including phenoxy) is 1. The number of rotatable bonds is 8. The minimum Gasteiger partial charge on any atom is -0.479 e. The molecule has 128 valence electrons. The molecule has 0 bridgehead atoms. The normalized spacial score (nSPS) is 11.8. The summed E-state index contributed by atoms with van der Waals surface area (Å²) < 4.78 is 5.72. The number of para-hydroxylation sites is 1. The molecular weight excluding hydrogens is 365 g/mol. The smallest absolute Gasteiger partial charge is 0.261 e. The van der Waals surface area contributed by atoms with Crippen molar-refractivity contribution in [1.29, 1.82) is 0 Å². The summed E-state index contributed by atoms with van der Waals surface area (Å²) in [7, 11) is 0. The van der Waals surface area contributed by atoms with E-state index < -0.39 is 6.10 Å². The van der Waals surface area contributed by atoms with Crippen molar-refractivity contribution in [2.75, 3.05) is 12.3 Å². The lowest BCUT2D eigenvalue weighted by Crippen LogP contribution is -2.39. The largest absolute Gasteiger partial charge is 0.479 e. The van der Waals surface area contributed by atoms with Crippen molar-refractivity contribution >= 4 is 40.9 Å². The Morgan fingerprint density at radius 1 is 1.17 bits per heavy atom. The lowest BCUT2D eigenvalue weighted by molar-refractivity contribution is -0.127. The number of nitrogens with one attached hydrogen (secondary N) is 1. The Morgan fingerprint density at radius 3 is 2.54 bits per heavy atom. The molecule has 0 saturated carbocycles. The summed E-state index contributed by atoms with van der Waals surface area (Å²) in [5, 5.41) is 4.12. The Labute approximate surface area is 156 Å². The Morgan fingerprint density at radius 2 is 1.88 bits per heavy atom. The van der Waals surface area contributed by atoms with Crippen LogP contribution in [0.1, 0.15) is 13.3 Å². The zero-order valence-corrected chi connectivity index (χ0v) is 15.6. The minimum absolute atomic E-state index is 0.130. The van der Waals surface area contributed by atoms with Crippen molar-refractivity contribution in [2.24, 2.45) is 0 Å². The highest BCUT2D eigenvalue weighted by Gasteiger charge is 2.18. The maximum atomic E-state index is 12.2. The van der Waals surface area contributed by atoms with Crippen molar-refractivity contribution in [3.05, 3.63) is 58.6 Å². The van der Waals surface area contributed by atoms with E-state index in [1.54, 1.807) is 23.9 Å². The lowest BCUT2D eigenvalue weighted by Gasteiger charge is -2.18. The highest BCUT2D eigenvalue weighted by Crippen LogP contribution is 2.25. The first kappa shape index (κ1) is 19.0. The average Bonchev–Trinajstić information content (AvgIpc) is 2.59. The molecule has 0 heterocycles. The molecule has 24 heavy (non-hydrogen) atoms. The van der Waals surface area contributed by atoms with E-state index >= 15 is 0 Å². The number of amides is 1. The Kier molecular flexibility index (Phi) is 7.76. The van der Waals surface area contributed by atoms with Gasteiger partial charge in [0.05, 0.1) is 5.02 Å². The summed E-state index contributed by atoms with van der Waals surface area (Å²) in [5.41, 5.74) is 0. The van der Waals surface area contributed by atoms with Crippen molar-refractivity contribution in [2.45, 2.75) is 24.3 Å². The van der Waals surface area contributed by atoms with Crippen LogP contribution in [0.5, 0.6) is 5.75 Å². The topological polar surface area (TPSA) is 38.3 Å². The summed E-state index contributed by atoms with van der Waals surface area (Å²) in [6.07, 6.45) is 0.0203. The first-order valence-electron chi connectivity index (χ1n) is 7.67. The maximum Gasteiger partial charge on any atom is 0.261 e. The van der Waals surface area contributed by atoms with Crippen LogP contribution in [0, 0.1) is 0 Å². The van der Waals surface area contributed by atoms with Crippen LogP contribution < -0.4 is 10.1 Å². The summed E-state index contributed by atoms with van der Waals surface area (Å²) >= 11 is 13.6. The third-order valence-electron chi connectivity index (χ3n) is 3.25. The third-order valence-corrected chi connectivity index (χ3v) is 4.83. The van der Waals surface area contributed by atoms with Gasteiger partial charge >= 0.3 is 0 Å². The highest BCUT2D eigenvalue weighted by molar-refractivity contribution is 7.99. The van der Waals surface area contributed by atoms with E-state index in [9.17, 15) is 4.79 Å². The Bertz CT molecular complexity index is 664. The van der Waals surface area contributed by atoms with Gasteiger partial charge in [0.2, 0.25) is 0 Å². The SMILES string of the molecule is CC[C@H](Oc1ccccc1Cl)C(=O)NCCSc1ccc(Cl)cc1. The number of hydrogen-bond donors (Lipinski definition) is 1.